The van der Waals surface area contributed by atoms with Crippen LogP contribution in [0.25, 0.3) is 0 Å². The molecule has 0 N–H and O–H groups in total. The molecule has 0 aliphatic carbocycles. The van der Waals surface area contributed by atoms with Crippen LogP contribution in [0.15, 0.2) is 47.8 Å². The summed E-state index contributed by atoms with van der Waals surface area (Å²) < 4.78 is 65.1. The average Bonchev–Trinajstić information content (AvgIpc) is 3.11. The second kappa shape index (κ2) is 10.1. The molecule has 3 aromatic rings. The highest BCUT2D eigenvalue weighted by atomic mass is 32.2. The molecule has 0 saturated carbocycles. The van der Waals surface area contributed by atoms with E-state index < -0.39 is 33.5 Å². The fourth-order valence-electron chi connectivity index (χ4n) is 3.23. The molecule has 0 atom stereocenters. The normalized spacial score (nSPS) is 11.6. The van der Waals surface area contributed by atoms with Crippen molar-refractivity contribution in [1.29, 1.82) is 0 Å². The van der Waals surface area contributed by atoms with Gasteiger partial charge in [-0.25, -0.2) is 13.8 Å². The van der Waals surface area contributed by atoms with Gasteiger partial charge in [-0.15, -0.1) is 0 Å². The molecule has 0 unspecified atom stereocenters. The Morgan fingerprint density at radius 3 is 2.45 bits per heavy atom. The minimum atomic E-state index is -4.57. The van der Waals surface area contributed by atoms with E-state index in [2.05, 4.69) is 14.7 Å². The molecule has 176 valence electrons. The van der Waals surface area contributed by atoms with Crippen LogP contribution >= 0.6 is 0 Å². The van der Waals surface area contributed by atoms with Crippen LogP contribution in [0.5, 0.6) is 5.75 Å². The zero-order chi connectivity index (χ0) is 24.2. The summed E-state index contributed by atoms with van der Waals surface area (Å²) in [6.07, 6.45) is 3.23. The maximum atomic E-state index is 13.6. The van der Waals surface area contributed by atoms with Gasteiger partial charge in [0.25, 0.3) is 0 Å². The van der Waals surface area contributed by atoms with Crippen molar-refractivity contribution in [1.82, 2.24) is 14.5 Å². The van der Waals surface area contributed by atoms with E-state index >= 15 is 0 Å². The number of hydrogen-bond acceptors (Lipinski definition) is 7. The van der Waals surface area contributed by atoms with E-state index in [1.54, 1.807) is 38.4 Å². The topological polar surface area (TPSA) is 100 Å². The van der Waals surface area contributed by atoms with Gasteiger partial charge >= 0.3 is 16.1 Å². The third kappa shape index (κ3) is 5.92. The largest absolute Gasteiger partial charge is 0.469 e. The maximum absolute atomic E-state index is 13.6. The van der Waals surface area contributed by atoms with Crippen molar-refractivity contribution in [3.8, 4) is 5.75 Å². The highest BCUT2D eigenvalue weighted by molar-refractivity contribution is 7.87. The van der Waals surface area contributed by atoms with Gasteiger partial charge < -0.3 is 13.5 Å². The lowest BCUT2D eigenvalue weighted by Gasteiger charge is -2.14. The number of aromatic nitrogens is 3. The van der Waals surface area contributed by atoms with Gasteiger partial charge in [0.2, 0.25) is 0 Å². The Labute approximate surface area is 190 Å². The van der Waals surface area contributed by atoms with E-state index in [9.17, 15) is 22.0 Å². The Morgan fingerprint density at radius 1 is 1.18 bits per heavy atom. The van der Waals surface area contributed by atoms with Gasteiger partial charge in [0.1, 0.15) is 23.2 Å². The molecule has 0 saturated heterocycles. The molecular formula is C22H23F2N3O5S. The van der Waals surface area contributed by atoms with E-state index in [0.717, 1.165) is 12.1 Å². The number of carbonyl (C=O) groups excluding carboxylic acids is 1. The fraction of sp³-hybridized carbons (Fsp3) is 0.318. The minimum Gasteiger partial charge on any atom is -0.469 e. The van der Waals surface area contributed by atoms with Gasteiger partial charge in [-0.2, -0.15) is 8.42 Å². The first-order chi connectivity index (χ1) is 15.6. The summed E-state index contributed by atoms with van der Waals surface area (Å²) in [5.74, 6) is -2.96. The van der Waals surface area contributed by atoms with Gasteiger partial charge in [0, 0.05) is 37.0 Å². The van der Waals surface area contributed by atoms with Crippen molar-refractivity contribution in [3.05, 3.63) is 71.4 Å². The van der Waals surface area contributed by atoms with Crippen molar-refractivity contribution in [2.75, 3.05) is 7.11 Å². The van der Waals surface area contributed by atoms with Crippen LogP contribution < -0.4 is 4.18 Å². The quantitative estimate of drug-likeness (QED) is 0.341. The average molecular weight is 480 g/mol. The molecule has 2 heterocycles. The Balaban J connectivity index is 2.13. The SMILES string of the molecule is COC(=O)CCc1nc(C(C)C)c(S(=O)(=O)Oc2cc(F)cc(F)c2)n1Cc1cccnc1. The van der Waals surface area contributed by atoms with Crippen LogP contribution in [0.2, 0.25) is 0 Å². The smallest absolute Gasteiger partial charge is 0.357 e. The molecule has 0 radical (unpaired) electrons. The first kappa shape index (κ1) is 24.3. The van der Waals surface area contributed by atoms with Gasteiger partial charge in [-0.3, -0.25) is 9.78 Å². The highest BCUT2D eigenvalue weighted by Crippen LogP contribution is 2.29. The zero-order valence-electron chi connectivity index (χ0n) is 18.3. The van der Waals surface area contributed by atoms with Crippen LogP contribution in [0.1, 0.15) is 43.3 Å². The molecule has 2 aromatic heterocycles. The number of imidazole rings is 1. The number of hydrogen-bond donors (Lipinski definition) is 0. The molecule has 3 rings (SSSR count). The molecule has 11 heteroatoms. The van der Waals surface area contributed by atoms with Crippen molar-refractivity contribution in [2.24, 2.45) is 0 Å². The second-order valence-corrected chi connectivity index (χ2v) is 9.00. The third-order valence-corrected chi connectivity index (χ3v) is 6.01. The van der Waals surface area contributed by atoms with Crippen LogP contribution in [0, 0.1) is 11.6 Å². The number of aryl methyl sites for hydroxylation is 1. The van der Waals surface area contributed by atoms with Crippen molar-refractivity contribution < 1.29 is 30.9 Å². The minimum absolute atomic E-state index is 0.0203. The van der Waals surface area contributed by atoms with Crippen molar-refractivity contribution >= 4 is 16.1 Å². The number of carbonyl (C=O) groups is 1. The van der Waals surface area contributed by atoms with Crippen LogP contribution in [-0.2, 0) is 32.6 Å². The number of esters is 1. The van der Waals surface area contributed by atoms with Gasteiger partial charge in [-0.1, -0.05) is 19.9 Å². The van der Waals surface area contributed by atoms with Gasteiger partial charge in [-0.05, 0) is 17.5 Å². The first-order valence-electron chi connectivity index (χ1n) is 10.1. The molecule has 0 aliphatic heterocycles. The predicted molar refractivity (Wildman–Crippen MR) is 114 cm³/mol. The van der Waals surface area contributed by atoms with Crippen molar-refractivity contribution in [3.63, 3.8) is 0 Å². The number of halogens is 2. The highest BCUT2D eigenvalue weighted by Gasteiger charge is 2.32. The summed E-state index contributed by atoms with van der Waals surface area (Å²) in [6, 6.07) is 5.61. The molecule has 8 nitrogen and oxygen atoms in total. The summed E-state index contributed by atoms with van der Waals surface area (Å²) in [4.78, 5) is 20.2. The molecule has 0 amide bonds. The molecule has 0 spiro atoms. The lowest BCUT2D eigenvalue weighted by molar-refractivity contribution is -0.140. The van der Waals surface area contributed by atoms with E-state index in [1.807, 2.05) is 0 Å². The van der Waals surface area contributed by atoms with Crippen LogP contribution in [0.4, 0.5) is 8.78 Å². The fourth-order valence-corrected chi connectivity index (χ4v) is 4.63. The lowest BCUT2D eigenvalue weighted by atomic mass is 10.1. The maximum Gasteiger partial charge on any atom is 0.357 e. The van der Waals surface area contributed by atoms with Crippen LogP contribution in [-0.4, -0.2) is 36.0 Å². The summed E-state index contributed by atoms with van der Waals surface area (Å²) in [5, 5.41) is -0.258. The van der Waals surface area contributed by atoms with E-state index in [0.29, 0.717) is 17.5 Å². The summed E-state index contributed by atoms with van der Waals surface area (Å²) in [7, 11) is -3.31. The van der Waals surface area contributed by atoms with Crippen LogP contribution in [0.3, 0.4) is 0 Å². The van der Waals surface area contributed by atoms with E-state index in [1.165, 1.54) is 11.7 Å². The number of ether oxygens (including phenoxy) is 1. The van der Waals surface area contributed by atoms with Gasteiger partial charge in [0.05, 0.1) is 25.8 Å². The Morgan fingerprint density at radius 2 is 1.88 bits per heavy atom. The van der Waals surface area contributed by atoms with Crippen molar-refractivity contribution in [2.45, 2.75) is 44.2 Å². The second-order valence-electron chi connectivity index (χ2n) is 7.54. The summed E-state index contributed by atoms with van der Waals surface area (Å²) in [6.45, 7) is 3.57. The lowest BCUT2D eigenvalue weighted by Crippen LogP contribution is -2.19. The standard InChI is InChI=1S/C22H23F2N3O5S/c1-14(2)21-22(33(29,30)32-18-10-16(23)9-17(24)11-18)27(13-15-5-4-8-25-12-15)19(26-21)6-7-20(28)31-3/h4-5,8-12,14H,6-7,13H2,1-3H3. The Kier molecular flexibility index (Phi) is 7.42. The zero-order valence-corrected chi connectivity index (χ0v) is 19.1. The summed E-state index contributed by atoms with van der Waals surface area (Å²) >= 11 is 0. The van der Waals surface area contributed by atoms with E-state index in [4.69, 9.17) is 4.18 Å². The number of pyridine rings is 1. The van der Waals surface area contributed by atoms with Gasteiger partial charge in [0.15, 0.2) is 5.03 Å². The number of methoxy groups -OCH3 is 1. The monoisotopic (exact) mass is 479 g/mol. The molecule has 0 bridgehead atoms. The molecule has 1 aromatic carbocycles. The third-order valence-electron chi connectivity index (χ3n) is 4.69. The molecular weight excluding hydrogens is 456 g/mol. The number of rotatable bonds is 9. The molecule has 0 aliphatic rings. The molecule has 33 heavy (non-hydrogen) atoms. The Hall–Kier alpha value is -3.34. The number of benzene rings is 1. The first-order valence-corrected chi connectivity index (χ1v) is 11.5. The number of nitrogens with zero attached hydrogens (tertiary/aromatic N) is 3. The Bertz CT molecular complexity index is 1220. The molecule has 0 fully saturated rings. The summed E-state index contributed by atoms with van der Waals surface area (Å²) in [5.41, 5.74) is 0.883. The van der Waals surface area contributed by atoms with E-state index in [-0.39, 0.29) is 36.0 Å². The predicted octanol–water partition coefficient (Wildman–Crippen LogP) is 3.60.